The van der Waals surface area contributed by atoms with Crippen LogP contribution < -0.4 is 10.6 Å². The summed E-state index contributed by atoms with van der Waals surface area (Å²) in [6.07, 6.45) is 0. The molecule has 1 aliphatic rings. The summed E-state index contributed by atoms with van der Waals surface area (Å²) < 4.78 is 13.5. The van der Waals surface area contributed by atoms with Crippen molar-refractivity contribution in [2.45, 2.75) is 6.04 Å². The van der Waals surface area contributed by atoms with Crippen LogP contribution in [-0.4, -0.2) is 12.6 Å². The van der Waals surface area contributed by atoms with Crippen LogP contribution in [0.25, 0.3) is 0 Å². The van der Waals surface area contributed by atoms with E-state index in [1.165, 1.54) is 6.07 Å². The maximum Gasteiger partial charge on any atom is 0.315 e. The Kier molecular flexibility index (Phi) is 2.29. The van der Waals surface area contributed by atoms with Crippen LogP contribution >= 0.6 is 11.6 Å². The average molecular weight is 215 g/mol. The van der Waals surface area contributed by atoms with E-state index >= 15 is 0 Å². The standard InChI is InChI=1S/C9H8ClFN2O/c10-6-3-1-2-5(8(6)11)7-4-12-9(14)13-7/h1-3,7H,4H2,(H2,12,13,14)/t7-/m1/s1. The number of carbonyl (C=O) groups excluding carboxylic acids is 1. The van der Waals surface area contributed by atoms with Crippen LogP contribution in [0.5, 0.6) is 0 Å². The quantitative estimate of drug-likeness (QED) is 0.736. The summed E-state index contributed by atoms with van der Waals surface area (Å²) in [6, 6.07) is 4.13. The highest BCUT2D eigenvalue weighted by Gasteiger charge is 2.24. The summed E-state index contributed by atoms with van der Waals surface area (Å²) in [4.78, 5) is 10.8. The van der Waals surface area contributed by atoms with Crippen molar-refractivity contribution in [2.75, 3.05) is 6.54 Å². The molecule has 1 fully saturated rings. The lowest BCUT2D eigenvalue weighted by molar-refractivity contribution is 0.247. The van der Waals surface area contributed by atoms with Gasteiger partial charge in [0.2, 0.25) is 0 Å². The lowest BCUT2D eigenvalue weighted by Crippen LogP contribution is -2.22. The number of carbonyl (C=O) groups is 1. The summed E-state index contributed by atoms with van der Waals surface area (Å²) in [5.74, 6) is -0.469. The molecule has 1 aromatic carbocycles. The molecule has 14 heavy (non-hydrogen) atoms. The molecule has 0 spiro atoms. The van der Waals surface area contributed by atoms with E-state index in [1.807, 2.05) is 0 Å². The maximum atomic E-state index is 13.5. The van der Waals surface area contributed by atoms with Gasteiger partial charge in [-0.15, -0.1) is 0 Å². The van der Waals surface area contributed by atoms with Crippen molar-refractivity contribution in [3.63, 3.8) is 0 Å². The van der Waals surface area contributed by atoms with Crippen LogP contribution in [0.15, 0.2) is 18.2 Å². The van der Waals surface area contributed by atoms with Crippen molar-refractivity contribution in [1.29, 1.82) is 0 Å². The summed E-state index contributed by atoms with van der Waals surface area (Å²) in [5.41, 5.74) is 0.413. The number of benzene rings is 1. The monoisotopic (exact) mass is 214 g/mol. The average Bonchev–Trinajstić information content (AvgIpc) is 2.57. The first-order valence-corrected chi connectivity index (χ1v) is 4.54. The minimum atomic E-state index is -0.469. The predicted octanol–water partition coefficient (Wildman–Crippen LogP) is 1.83. The third kappa shape index (κ3) is 1.53. The van der Waals surface area contributed by atoms with Gasteiger partial charge in [-0.1, -0.05) is 23.7 Å². The molecule has 1 aliphatic heterocycles. The second-order valence-corrected chi connectivity index (χ2v) is 3.46. The zero-order chi connectivity index (χ0) is 10.1. The molecule has 2 amide bonds. The highest BCUT2D eigenvalue weighted by Crippen LogP contribution is 2.24. The van der Waals surface area contributed by atoms with E-state index in [9.17, 15) is 9.18 Å². The Morgan fingerprint density at radius 1 is 1.50 bits per heavy atom. The smallest absolute Gasteiger partial charge is 0.315 e. The predicted molar refractivity (Wildman–Crippen MR) is 50.7 cm³/mol. The minimum Gasteiger partial charge on any atom is -0.336 e. The van der Waals surface area contributed by atoms with Crippen LogP contribution in [-0.2, 0) is 0 Å². The Balaban J connectivity index is 2.32. The fourth-order valence-electron chi connectivity index (χ4n) is 1.43. The van der Waals surface area contributed by atoms with Crippen molar-refractivity contribution in [3.05, 3.63) is 34.6 Å². The molecule has 0 unspecified atom stereocenters. The van der Waals surface area contributed by atoms with Gasteiger partial charge in [0.25, 0.3) is 0 Å². The molecule has 0 aliphatic carbocycles. The molecule has 0 bridgehead atoms. The summed E-state index contributed by atoms with van der Waals surface area (Å²) in [6.45, 7) is 0.385. The minimum absolute atomic E-state index is 0.0728. The van der Waals surface area contributed by atoms with Crippen LogP contribution in [0.1, 0.15) is 11.6 Å². The molecule has 1 saturated heterocycles. The second-order valence-electron chi connectivity index (χ2n) is 3.05. The third-order valence-electron chi connectivity index (χ3n) is 2.13. The largest absolute Gasteiger partial charge is 0.336 e. The van der Waals surface area contributed by atoms with Crippen LogP contribution in [0.3, 0.4) is 0 Å². The number of rotatable bonds is 1. The molecule has 0 radical (unpaired) electrons. The van der Waals surface area contributed by atoms with E-state index < -0.39 is 5.82 Å². The maximum absolute atomic E-state index is 13.5. The van der Waals surface area contributed by atoms with E-state index in [0.29, 0.717) is 12.1 Å². The molecule has 3 nitrogen and oxygen atoms in total. The molecule has 0 aromatic heterocycles. The molecule has 1 aromatic rings. The normalized spacial score (nSPS) is 20.4. The van der Waals surface area contributed by atoms with Gasteiger partial charge in [0.1, 0.15) is 5.82 Å². The molecular formula is C9H8ClFN2O. The van der Waals surface area contributed by atoms with E-state index in [1.54, 1.807) is 12.1 Å². The second kappa shape index (κ2) is 3.46. The number of amides is 2. The number of urea groups is 1. The van der Waals surface area contributed by atoms with Gasteiger partial charge in [-0.05, 0) is 6.07 Å². The van der Waals surface area contributed by atoms with Crippen molar-refractivity contribution in [1.82, 2.24) is 10.6 Å². The zero-order valence-corrected chi connectivity index (χ0v) is 7.94. The van der Waals surface area contributed by atoms with Gasteiger partial charge in [-0.25, -0.2) is 9.18 Å². The van der Waals surface area contributed by atoms with Crippen molar-refractivity contribution < 1.29 is 9.18 Å². The highest BCUT2D eigenvalue weighted by atomic mass is 35.5. The van der Waals surface area contributed by atoms with Gasteiger partial charge < -0.3 is 10.6 Å². The van der Waals surface area contributed by atoms with E-state index in [0.717, 1.165) is 0 Å². The lowest BCUT2D eigenvalue weighted by Gasteiger charge is -2.10. The van der Waals surface area contributed by atoms with E-state index in [2.05, 4.69) is 10.6 Å². The van der Waals surface area contributed by atoms with Crippen molar-refractivity contribution >= 4 is 17.6 Å². The topological polar surface area (TPSA) is 41.1 Å². The van der Waals surface area contributed by atoms with Gasteiger partial charge in [0.05, 0.1) is 11.1 Å². The van der Waals surface area contributed by atoms with E-state index in [4.69, 9.17) is 11.6 Å². The number of hydrogen-bond acceptors (Lipinski definition) is 1. The first kappa shape index (κ1) is 9.27. The molecule has 1 heterocycles. The summed E-state index contributed by atoms with van der Waals surface area (Å²) >= 11 is 5.62. The van der Waals surface area contributed by atoms with Gasteiger partial charge >= 0.3 is 6.03 Å². The first-order valence-electron chi connectivity index (χ1n) is 4.17. The fourth-order valence-corrected chi connectivity index (χ4v) is 1.61. The zero-order valence-electron chi connectivity index (χ0n) is 7.18. The lowest BCUT2D eigenvalue weighted by atomic mass is 10.1. The van der Waals surface area contributed by atoms with Crippen molar-refractivity contribution in [2.24, 2.45) is 0 Å². The van der Waals surface area contributed by atoms with Crippen LogP contribution in [0.4, 0.5) is 9.18 Å². The van der Waals surface area contributed by atoms with Gasteiger partial charge in [0.15, 0.2) is 0 Å². The first-order chi connectivity index (χ1) is 6.68. The molecule has 5 heteroatoms. The fraction of sp³-hybridized carbons (Fsp3) is 0.222. The molecule has 2 rings (SSSR count). The summed E-state index contributed by atoms with van der Waals surface area (Å²) in [5, 5.41) is 5.22. The van der Waals surface area contributed by atoms with Gasteiger partial charge in [0, 0.05) is 12.1 Å². The van der Waals surface area contributed by atoms with Crippen LogP contribution in [0.2, 0.25) is 5.02 Å². The summed E-state index contributed by atoms with van der Waals surface area (Å²) in [7, 11) is 0. The van der Waals surface area contributed by atoms with Gasteiger partial charge in [-0.3, -0.25) is 0 Å². The van der Waals surface area contributed by atoms with Crippen LogP contribution in [0, 0.1) is 5.82 Å². The molecule has 1 atom stereocenters. The molecule has 74 valence electrons. The Morgan fingerprint density at radius 2 is 2.29 bits per heavy atom. The van der Waals surface area contributed by atoms with Gasteiger partial charge in [-0.2, -0.15) is 0 Å². The Morgan fingerprint density at radius 3 is 2.93 bits per heavy atom. The SMILES string of the molecule is O=C1NC[C@H](c2cccc(Cl)c2F)N1. The molecular weight excluding hydrogens is 207 g/mol. The number of hydrogen-bond donors (Lipinski definition) is 2. The highest BCUT2D eigenvalue weighted by molar-refractivity contribution is 6.30. The number of nitrogens with one attached hydrogen (secondary N) is 2. The Bertz CT molecular complexity index is 383. The molecule has 0 saturated carbocycles. The Labute approximate surface area is 85.3 Å². The molecule has 2 N–H and O–H groups in total. The van der Waals surface area contributed by atoms with Crippen molar-refractivity contribution in [3.8, 4) is 0 Å². The Hall–Kier alpha value is -1.29. The van der Waals surface area contributed by atoms with E-state index in [-0.39, 0.29) is 17.1 Å². The number of halogens is 2. The third-order valence-corrected chi connectivity index (χ3v) is 2.42.